The third-order valence-corrected chi connectivity index (χ3v) is 5.57. The van der Waals surface area contributed by atoms with Crippen molar-refractivity contribution in [1.29, 1.82) is 0 Å². The van der Waals surface area contributed by atoms with Crippen molar-refractivity contribution < 1.29 is 14.0 Å². The molecular formula is C23H23FN4O3. The summed E-state index contributed by atoms with van der Waals surface area (Å²) in [5.41, 5.74) is 2.63. The highest BCUT2D eigenvalue weighted by Crippen LogP contribution is 2.34. The molecule has 2 atom stereocenters. The average molecular weight is 422 g/mol. The Morgan fingerprint density at radius 1 is 1.19 bits per heavy atom. The van der Waals surface area contributed by atoms with E-state index in [1.165, 1.54) is 4.57 Å². The molecule has 0 radical (unpaired) electrons. The van der Waals surface area contributed by atoms with Gasteiger partial charge in [0.2, 0.25) is 5.91 Å². The first-order chi connectivity index (χ1) is 14.8. The minimum atomic E-state index is -1.09. The number of Topliss-reactive ketones (excluding diaryl/α,β-unsaturated/α-hetero) is 1. The van der Waals surface area contributed by atoms with Crippen LogP contribution >= 0.6 is 0 Å². The molecule has 3 heterocycles. The predicted octanol–water partition coefficient (Wildman–Crippen LogP) is 3.58. The molecule has 1 N–H and O–H groups in total. The number of nitrogens with zero attached hydrogens (tertiary/aromatic N) is 3. The largest absolute Gasteiger partial charge is 0.311 e. The van der Waals surface area contributed by atoms with Gasteiger partial charge in [0.05, 0.1) is 11.4 Å². The molecular weight excluding hydrogens is 399 g/mol. The minimum absolute atomic E-state index is 0.0207. The topological polar surface area (TPSA) is 94.0 Å². The van der Waals surface area contributed by atoms with Crippen molar-refractivity contribution in [2.45, 2.75) is 39.3 Å². The van der Waals surface area contributed by atoms with E-state index in [0.717, 1.165) is 12.0 Å². The lowest BCUT2D eigenvalue weighted by Gasteiger charge is -2.12. The minimum Gasteiger partial charge on any atom is -0.311 e. The zero-order valence-corrected chi connectivity index (χ0v) is 17.6. The van der Waals surface area contributed by atoms with E-state index in [9.17, 15) is 18.8 Å². The standard InChI is InChI=1S/C23H23FN4O3/c1-4-5-20(29)18-6-12(2)16(11-25-18)14-7-13-10-26-21(9-19(13)28(3)23(14)31)27-22(30)15-8-17(15)24/h6-7,9-11,15,17H,4-5,8H2,1-3H3,(H,26,27,30)/t15-,17?/m0/s1. The number of carbonyl (C=O) groups excluding carboxylic acids is 2. The van der Waals surface area contributed by atoms with E-state index in [1.807, 2.05) is 13.8 Å². The molecule has 0 aliphatic heterocycles. The van der Waals surface area contributed by atoms with E-state index in [1.54, 1.807) is 37.6 Å². The van der Waals surface area contributed by atoms with Crippen LogP contribution in [0.2, 0.25) is 0 Å². The molecule has 1 aliphatic rings. The molecule has 0 saturated heterocycles. The maximum Gasteiger partial charge on any atom is 0.258 e. The lowest BCUT2D eigenvalue weighted by Crippen LogP contribution is -2.20. The van der Waals surface area contributed by atoms with Crippen LogP contribution in [0.1, 0.15) is 42.2 Å². The Morgan fingerprint density at radius 2 is 1.94 bits per heavy atom. The van der Waals surface area contributed by atoms with E-state index in [0.29, 0.717) is 34.1 Å². The van der Waals surface area contributed by atoms with Crippen LogP contribution in [0.25, 0.3) is 22.0 Å². The molecule has 3 aromatic rings. The summed E-state index contributed by atoms with van der Waals surface area (Å²) >= 11 is 0. The molecule has 4 rings (SSSR count). The number of hydrogen-bond donors (Lipinski definition) is 1. The molecule has 1 saturated carbocycles. The number of fused-ring (bicyclic) bond motifs is 1. The van der Waals surface area contributed by atoms with Gasteiger partial charge in [-0.25, -0.2) is 9.37 Å². The Morgan fingerprint density at radius 3 is 2.58 bits per heavy atom. The number of rotatable bonds is 6. The average Bonchev–Trinajstić information content (AvgIpc) is 3.48. The highest BCUT2D eigenvalue weighted by Gasteiger charge is 2.43. The number of aromatic nitrogens is 3. The second kappa shape index (κ2) is 8.02. The summed E-state index contributed by atoms with van der Waals surface area (Å²) in [5, 5.41) is 3.31. The lowest BCUT2D eigenvalue weighted by molar-refractivity contribution is -0.117. The van der Waals surface area contributed by atoms with Crippen LogP contribution in [-0.2, 0) is 11.8 Å². The first-order valence-corrected chi connectivity index (χ1v) is 10.2. The second-order valence-corrected chi connectivity index (χ2v) is 7.96. The third kappa shape index (κ3) is 3.97. The number of alkyl halides is 1. The highest BCUT2D eigenvalue weighted by molar-refractivity contribution is 5.96. The molecule has 7 nitrogen and oxygen atoms in total. The van der Waals surface area contributed by atoms with Gasteiger partial charge in [-0.3, -0.25) is 19.4 Å². The first-order valence-electron chi connectivity index (χ1n) is 10.2. The first kappa shape index (κ1) is 20.8. The van der Waals surface area contributed by atoms with E-state index < -0.39 is 18.0 Å². The molecule has 0 spiro atoms. The van der Waals surface area contributed by atoms with Gasteiger partial charge in [-0.1, -0.05) is 6.92 Å². The molecule has 0 aromatic carbocycles. The van der Waals surface area contributed by atoms with Crippen LogP contribution in [0.3, 0.4) is 0 Å². The van der Waals surface area contributed by atoms with Gasteiger partial charge in [-0.2, -0.15) is 0 Å². The van der Waals surface area contributed by atoms with Gasteiger partial charge in [0, 0.05) is 48.4 Å². The van der Waals surface area contributed by atoms with Crippen LogP contribution < -0.4 is 10.9 Å². The number of halogens is 1. The number of amides is 1. The maximum atomic E-state index is 13.1. The van der Waals surface area contributed by atoms with Crippen molar-refractivity contribution in [3.05, 3.63) is 52.2 Å². The van der Waals surface area contributed by atoms with Gasteiger partial charge in [-0.15, -0.1) is 0 Å². The van der Waals surface area contributed by atoms with Gasteiger partial charge in [-0.05, 0) is 37.5 Å². The van der Waals surface area contributed by atoms with E-state index >= 15 is 0 Å². The Bertz CT molecular complexity index is 1270. The molecule has 1 unspecified atom stereocenters. The van der Waals surface area contributed by atoms with Gasteiger partial charge in [0.15, 0.2) is 5.78 Å². The zero-order valence-electron chi connectivity index (χ0n) is 17.6. The Balaban J connectivity index is 1.71. The fourth-order valence-corrected chi connectivity index (χ4v) is 3.63. The second-order valence-electron chi connectivity index (χ2n) is 7.96. The lowest BCUT2D eigenvalue weighted by atomic mass is 10.0. The SMILES string of the molecule is CCCC(=O)c1cc(C)c(-c2cc3cnc(NC(=O)[C@H]4CC4F)cc3n(C)c2=O)cn1. The maximum absolute atomic E-state index is 13.1. The molecule has 0 bridgehead atoms. The van der Waals surface area contributed by atoms with Gasteiger partial charge < -0.3 is 9.88 Å². The number of aryl methyl sites for hydroxylation is 2. The normalized spacial score (nSPS) is 17.5. The number of hydrogen-bond acceptors (Lipinski definition) is 5. The Hall–Kier alpha value is -3.42. The van der Waals surface area contributed by atoms with Crippen molar-refractivity contribution in [3.8, 4) is 11.1 Å². The molecule has 31 heavy (non-hydrogen) atoms. The van der Waals surface area contributed by atoms with Crippen molar-refractivity contribution in [2.75, 3.05) is 5.32 Å². The van der Waals surface area contributed by atoms with Gasteiger partial charge in [0.1, 0.15) is 17.7 Å². The van der Waals surface area contributed by atoms with Crippen LogP contribution in [0.5, 0.6) is 0 Å². The monoisotopic (exact) mass is 422 g/mol. The summed E-state index contributed by atoms with van der Waals surface area (Å²) in [6.07, 6.45) is 3.45. The Kier molecular flexibility index (Phi) is 5.39. The van der Waals surface area contributed by atoms with Gasteiger partial charge >= 0.3 is 0 Å². The van der Waals surface area contributed by atoms with E-state index in [4.69, 9.17) is 0 Å². The number of anilines is 1. The van der Waals surface area contributed by atoms with Crippen molar-refractivity contribution in [1.82, 2.24) is 14.5 Å². The number of nitrogens with one attached hydrogen (secondary N) is 1. The van der Waals surface area contributed by atoms with Crippen LogP contribution in [0, 0.1) is 12.8 Å². The van der Waals surface area contributed by atoms with Crippen LogP contribution in [-0.4, -0.2) is 32.4 Å². The summed E-state index contributed by atoms with van der Waals surface area (Å²) < 4.78 is 14.6. The fourth-order valence-electron chi connectivity index (χ4n) is 3.63. The predicted molar refractivity (Wildman–Crippen MR) is 116 cm³/mol. The smallest absolute Gasteiger partial charge is 0.258 e. The van der Waals surface area contributed by atoms with Gasteiger partial charge in [0.25, 0.3) is 5.56 Å². The van der Waals surface area contributed by atoms with Crippen molar-refractivity contribution in [2.24, 2.45) is 13.0 Å². The Labute approximate surface area is 178 Å². The molecule has 8 heteroatoms. The molecule has 1 amide bonds. The van der Waals surface area contributed by atoms with E-state index in [2.05, 4.69) is 15.3 Å². The third-order valence-electron chi connectivity index (χ3n) is 5.57. The quantitative estimate of drug-likeness (QED) is 0.613. The number of ketones is 1. The summed E-state index contributed by atoms with van der Waals surface area (Å²) in [6.45, 7) is 3.78. The number of carbonyl (C=O) groups is 2. The highest BCUT2D eigenvalue weighted by atomic mass is 19.1. The van der Waals surface area contributed by atoms with Crippen molar-refractivity contribution >= 4 is 28.4 Å². The zero-order chi connectivity index (χ0) is 22.3. The number of pyridine rings is 3. The van der Waals surface area contributed by atoms with Crippen LogP contribution in [0.4, 0.5) is 10.2 Å². The molecule has 1 aliphatic carbocycles. The van der Waals surface area contributed by atoms with Crippen LogP contribution in [0.15, 0.2) is 35.4 Å². The summed E-state index contributed by atoms with van der Waals surface area (Å²) in [4.78, 5) is 45.7. The summed E-state index contributed by atoms with van der Waals surface area (Å²) in [6, 6.07) is 5.04. The molecule has 3 aromatic heterocycles. The van der Waals surface area contributed by atoms with E-state index in [-0.39, 0.29) is 23.6 Å². The molecule has 160 valence electrons. The summed E-state index contributed by atoms with van der Waals surface area (Å²) in [5.74, 6) is -0.768. The van der Waals surface area contributed by atoms with Crippen molar-refractivity contribution in [3.63, 3.8) is 0 Å². The molecule has 1 fully saturated rings. The summed E-state index contributed by atoms with van der Waals surface area (Å²) in [7, 11) is 1.64. The fraction of sp³-hybridized carbons (Fsp3) is 0.348.